The van der Waals surface area contributed by atoms with E-state index in [2.05, 4.69) is 34.7 Å². The molecule has 2 aromatic heterocycles. The minimum Gasteiger partial charge on any atom is -0.497 e. The third-order valence-corrected chi connectivity index (χ3v) is 9.69. The third kappa shape index (κ3) is 2.58. The number of piperidine rings is 1. The predicted molar refractivity (Wildman–Crippen MR) is 130 cm³/mol. The number of fused-ring (bicyclic) bond motifs is 4. The molecule has 1 aliphatic heterocycles. The van der Waals surface area contributed by atoms with Gasteiger partial charge in [-0.05, 0) is 74.0 Å². The third-order valence-electron chi connectivity index (χ3n) is 8.59. The summed E-state index contributed by atoms with van der Waals surface area (Å²) < 4.78 is 21.2. The second-order valence-electron chi connectivity index (χ2n) is 10.1. The van der Waals surface area contributed by atoms with Gasteiger partial charge in [0.25, 0.3) is 0 Å². The van der Waals surface area contributed by atoms with Crippen molar-refractivity contribution < 1.29 is 14.2 Å². The smallest absolute Gasteiger partial charge is 0.194 e. The summed E-state index contributed by atoms with van der Waals surface area (Å²) in [5, 5.41) is 12.5. The molecule has 0 unspecified atom stereocenters. The molecule has 7 rings (SSSR count). The van der Waals surface area contributed by atoms with Crippen molar-refractivity contribution in [3.05, 3.63) is 76.2 Å². The number of likely N-dealkylation sites (N-methyl/N-ethyl adjacent to an activating group) is 1. The second kappa shape index (κ2) is 6.90. The van der Waals surface area contributed by atoms with E-state index >= 15 is 0 Å². The summed E-state index contributed by atoms with van der Waals surface area (Å²) in [6.07, 6.45) is 5.21. The maximum Gasteiger partial charge on any atom is 0.194 e. The number of benzene rings is 2. The molecule has 5 nitrogen and oxygen atoms in total. The maximum atomic E-state index is 13.4. The Labute approximate surface area is 201 Å². The summed E-state index contributed by atoms with van der Waals surface area (Å²) in [4.78, 5) is 9.37. The molecule has 3 heterocycles. The fourth-order valence-corrected chi connectivity index (χ4v) is 8.00. The van der Waals surface area contributed by atoms with Crippen LogP contribution in [0, 0.1) is 5.82 Å². The van der Waals surface area contributed by atoms with E-state index in [1.165, 1.54) is 33.8 Å². The van der Waals surface area contributed by atoms with Crippen LogP contribution in [0.2, 0.25) is 0 Å². The summed E-state index contributed by atoms with van der Waals surface area (Å²) in [6, 6.07) is 13.0. The number of imidazole rings is 1. The van der Waals surface area contributed by atoms with Crippen molar-refractivity contribution in [2.24, 2.45) is 0 Å². The van der Waals surface area contributed by atoms with Crippen LogP contribution in [0.4, 0.5) is 4.39 Å². The average Bonchev–Trinajstić information content (AvgIpc) is 3.38. The van der Waals surface area contributed by atoms with E-state index in [9.17, 15) is 9.50 Å². The van der Waals surface area contributed by atoms with Gasteiger partial charge in [0.1, 0.15) is 11.6 Å². The van der Waals surface area contributed by atoms with Gasteiger partial charge >= 0.3 is 0 Å². The minimum atomic E-state index is -0.838. The van der Waals surface area contributed by atoms with Crippen molar-refractivity contribution in [3.8, 4) is 17.0 Å². The highest BCUT2D eigenvalue weighted by Gasteiger charge is 2.64. The maximum absolute atomic E-state index is 13.4. The Bertz CT molecular complexity index is 1440. The Morgan fingerprint density at radius 1 is 1.18 bits per heavy atom. The topological polar surface area (TPSA) is 50.0 Å². The van der Waals surface area contributed by atoms with Gasteiger partial charge in [0, 0.05) is 46.6 Å². The van der Waals surface area contributed by atoms with Crippen LogP contribution in [-0.4, -0.2) is 51.7 Å². The fraction of sp³-hybridized carbons (Fsp3) is 0.370. The first-order valence-electron chi connectivity index (χ1n) is 11.8. The van der Waals surface area contributed by atoms with E-state index in [-0.39, 0.29) is 17.3 Å². The highest BCUT2D eigenvalue weighted by molar-refractivity contribution is 7.17. The van der Waals surface area contributed by atoms with Crippen LogP contribution >= 0.6 is 11.3 Å². The van der Waals surface area contributed by atoms with E-state index in [4.69, 9.17) is 9.72 Å². The largest absolute Gasteiger partial charge is 0.497 e. The van der Waals surface area contributed by atoms with E-state index in [0.29, 0.717) is 6.42 Å². The van der Waals surface area contributed by atoms with Crippen LogP contribution in [0.5, 0.6) is 5.75 Å². The van der Waals surface area contributed by atoms with Crippen molar-refractivity contribution in [2.45, 2.75) is 42.7 Å². The van der Waals surface area contributed by atoms with Gasteiger partial charge in [-0.25, -0.2) is 9.37 Å². The molecule has 4 aromatic rings. The predicted octanol–water partition coefficient (Wildman–Crippen LogP) is 4.24. The Balaban J connectivity index is 1.41. The summed E-state index contributed by atoms with van der Waals surface area (Å²) in [6.45, 7) is 0.955. The molecule has 1 saturated heterocycles. The van der Waals surface area contributed by atoms with Crippen molar-refractivity contribution in [2.75, 3.05) is 20.7 Å². The zero-order valence-electron chi connectivity index (χ0n) is 19.2. The molecule has 1 N–H and O–H groups in total. The van der Waals surface area contributed by atoms with Crippen molar-refractivity contribution in [1.29, 1.82) is 0 Å². The van der Waals surface area contributed by atoms with Gasteiger partial charge in [-0.3, -0.25) is 4.40 Å². The molecular weight excluding hydrogens is 449 g/mol. The molecule has 0 saturated carbocycles. The van der Waals surface area contributed by atoms with Crippen LogP contribution < -0.4 is 4.74 Å². The molecule has 0 spiro atoms. The molecule has 1 fully saturated rings. The van der Waals surface area contributed by atoms with E-state index in [1.807, 2.05) is 6.07 Å². The summed E-state index contributed by atoms with van der Waals surface area (Å²) in [5.41, 5.74) is 4.34. The van der Waals surface area contributed by atoms with Crippen LogP contribution in [-0.2, 0) is 24.7 Å². The molecule has 3 atom stereocenters. The molecule has 3 aliphatic rings. The molecule has 2 bridgehead atoms. The number of likely N-dealkylation sites (tertiary alicyclic amines) is 1. The molecule has 174 valence electrons. The van der Waals surface area contributed by atoms with E-state index in [0.717, 1.165) is 47.8 Å². The normalized spacial score (nSPS) is 27.8. The van der Waals surface area contributed by atoms with Crippen LogP contribution in [0.1, 0.15) is 28.1 Å². The second-order valence-corrected chi connectivity index (χ2v) is 11.2. The minimum absolute atomic E-state index is 0.0829. The molecule has 34 heavy (non-hydrogen) atoms. The number of halogens is 1. The lowest BCUT2D eigenvalue weighted by Gasteiger charge is -2.62. The fourth-order valence-electron chi connectivity index (χ4n) is 6.80. The standard InChI is InChI=1S/C27H26FN3O2S/c1-30-10-9-26-13-22-23(34-25-29-21(15-31(22)25)16-3-6-18(28)7-4-16)14-27(26,32)24(30)11-17-5-8-19(33-2)12-20(17)26/h3-8,12,15,24,32H,9-11,13-14H2,1-2H3/t24-,26-,27-/m1/s1. The summed E-state index contributed by atoms with van der Waals surface area (Å²) in [7, 11) is 3.85. The number of ether oxygens (including phenoxy) is 1. The van der Waals surface area contributed by atoms with Gasteiger partial charge in [0.2, 0.25) is 0 Å². The Kier molecular flexibility index (Phi) is 4.19. The molecule has 7 heteroatoms. The van der Waals surface area contributed by atoms with Gasteiger partial charge in [-0.15, -0.1) is 11.3 Å². The highest BCUT2D eigenvalue weighted by Crippen LogP contribution is 2.58. The number of hydrogen-bond acceptors (Lipinski definition) is 5. The van der Waals surface area contributed by atoms with Gasteiger partial charge < -0.3 is 14.7 Å². The van der Waals surface area contributed by atoms with E-state index < -0.39 is 5.60 Å². The highest BCUT2D eigenvalue weighted by atomic mass is 32.1. The molecule has 2 aliphatic carbocycles. The lowest BCUT2D eigenvalue weighted by atomic mass is 9.50. The van der Waals surface area contributed by atoms with E-state index in [1.54, 1.807) is 30.6 Å². The number of methoxy groups -OCH3 is 1. The van der Waals surface area contributed by atoms with Gasteiger partial charge in [-0.2, -0.15) is 0 Å². The molecule has 0 radical (unpaired) electrons. The number of hydrogen-bond donors (Lipinski definition) is 1. The van der Waals surface area contributed by atoms with Crippen molar-refractivity contribution >= 4 is 16.3 Å². The van der Waals surface area contributed by atoms with Crippen LogP contribution in [0.15, 0.2) is 48.7 Å². The number of nitrogens with zero attached hydrogens (tertiary/aromatic N) is 3. The summed E-state index contributed by atoms with van der Waals surface area (Å²) >= 11 is 1.67. The molecule has 0 amide bonds. The first-order valence-corrected chi connectivity index (χ1v) is 12.6. The number of rotatable bonds is 2. The van der Waals surface area contributed by atoms with Crippen LogP contribution in [0.3, 0.4) is 0 Å². The van der Waals surface area contributed by atoms with Gasteiger partial charge in [0.05, 0.1) is 18.4 Å². The quantitative estimate of drug-likeness (QED) is 0.471. The SMILES string of the molecule is COc1ccc2c(c1)[C@]13CCN(C)[C@H](C2)[C@]1(O)Cc1sc2nc(-c4ccc(F)cc4)cn2c1C3. The zero-order chi connectivity index (χ0) is 23.2. The Morgan fingerprint density at radius 3 is 2.79 bits per heavy atom. The van der Waals surface area contributed by atoms with Crippen molar-refractivity contribution in [3.63, 3.8) is 0 Å². The first kappa shape index (κ1) is 20.6. The molecule has 2 aromatic carbocycles. The zero-order valence-corrected chi connectivity index (χ0v) is 20.0. The van der Waals surface area contributed by atoms with Gasteiger partial charge in [0.15, 0.2) is 4.96 Å². The van der Waals surface area contributed by atoms with Crippen molar-refractivity contribution in [1.82, 2.24) is 14.3 Å². The van der Waals surface area contributed by atoms with Gasteiger partial charge in [-0.1, -0.05) is 6.07 Å². The Morgan fingerprint density at radius 2 is 2.00 bits per heavy atom. The average molecular weight is 476 g/mol. The molecular formula is C27H26FN3O2S. The lowest BCUT2D eigenvalue weighted by Crippen LogP contribution is -2.73. The first-order chi connectivity index (χ1) is 16.4. The lowest BCUT2D eigenvalue weighted by molar-refractivity contribution is -0.144. The van der Waals surface area contributed by atoms with Crippen LogP contribution in [0.25, 0.3) is 16.2 Å². The Hall–Kier alpha value is -2.74. The summed E-state index contributed by atoms with van der Waals surface area (Å²) in [5.74, 6) is 0.596. The number of aliphatic hydroxyl groups is 1. The number of aromatic nitrogens is 2. The monoisotopic (exact) mass is 475 g/mol. The number of thiazole rings is 1.